The van der Waals surface area contributed by atoms with Gasteiger partial charge in [-0.15, -0.1) is 0 Å². The standard InChI is InChI=1S/C21H25F3N4O3/c1-11(2)18(29)27-17-16-9-28(20(30)15(16)6-13(4)26-17)8-14-5-12(3)19(25-7-14)31-10-21(22,23)24/h5-7,11,15-16H,8-10H2,1-4H3,(H,26,27,29). The number of nitrogens with one attached hydrogen (secondary N) is 1. The third-order valence-corrected chi connectivity index (χ3v) is 5.12. The van der Waals surface area contributed by atoms with Crippen LogP contribution in [0.25, 0.3) is 0 Å². The molecule has 2 amide bonds. The molecule has 0 aliphatic carbocycles. The number of alkyl halides is 3. The Balaban J connectivity index is 1.71. The van der Waals surface area contributed by atoms with Gasteiger partial charge in [0.1, 0.15) is 5.84 Å². The molecule has 1 fully saturated rings. The van der Waals surface area contributed by atoms with Gasteiger partial charge >= 0.3 is 6.18 Å². The van der Waals surface area contributed by atoms with Gasteiger partial charge in [0, 0.05) is 42.4 Å². The van der Waals surface area contributed by atoms with Crippen LogP contribution in [0.15, 0.2) is 29.0 Å². The second kappa shape index (κ2) is 8.68. The number of amides is 2. The summed E-state index contributed by atoms with van der Waals surface area (Å²) in [6, 6.07) is 1.66. The van der Waals surface area contributed by atoms with Crippen LogP contribution < -0.4 is 10.1 Å². The summed E-state index contributed by atoms with van der Waals surface area (Å²) in [7, 11) is 0. The molecule has 0 aromatic carbocycles. The summed E-state index contributed by atoms with van der Waals surface area (Å²) in [5, 5.41) is 2.84. The molecular weight excluding hydrogens is 413 g/mol. The average Bonchev–Trinajstić information content (AvgIpc) is 2.96. The molecule has 1 saturated heterocycles. The van der Waals surface area contributed by atoms with Gasteiger partial charge < -0.3 is 15.0 Å². The first kappa shape index (κ1) is 22.8. The van der Waals surface area contributed by atoms with Crippen molar-refractivity contribution in [1.29, 1.82) is 0 Å². The topological polar surface area (TPSA) is 83.9 Å². The number of fused-ring (bicyclic) bond motifs is 1. The van der Waals surface area contributed by atoms with E-state index in [-0.39, 0.29) is 36.1 Å². The minimum absolute atomic E-state index is 0.0909. The van der Waals surface area contributed by atoms with Crippen LogP contribution in [0.4, 0.5) is 13.2 Å². The lowest BCUT2D eigenvalue weighted by Gasteiger charge is -2.22. The number of carbonyl (C=O) groups excluding carboxylic acids is 2. The third kappa shape index (κ3) is 5.42. The largest absolute Gasteiger partial charge is 0.468 e. The quantitative estimate of drug-likeness (QED) is 0.766. The number of rotatable bonds is 5. The fourth-order valence-electron chi connectivity index (χ4n) is 3.60. The van der Waals surface area contributed by atoms with Crippen LogP contribution in [0.5, 0.6) is 5.88 Å². The number of likely N-dealkylation sites (tertiary alicyclic amines) is 1. The minimum Gasteiger partial charge on any atom is -0.468 e. The molecule has 3 rings (SSSR count). The van der Waals surface area contributed by atoms with Crippen molar-refractivity contribution in [2.75, 3.05) is 13.2 Å². The van der Waals surface area contributed by atoms with E-state index in [1.54, 1.807) is 44.7 Å². The maximum atomic E-state index is 13.0. The summed E-state index contributed by atoms with van der Waals surface area (Å²) >= 11 is 0. The van der Waals surface area contributed by atoms with Gasteiger partial charge in [0.2, 0.25) is 17.7 Å². The zero-order valence-electron chi connectivity index (χ0n) is 17.8. The van der Waals surface area contributed by atoms with Gasteiger partial charge in [0.25, 0.3) is 0 Å². The van der Waals surface area contributed by atoms with Gasteiger partial charge in [0.15, 0.2) is 6.61 Å². The lowest BCUT2D eigenvalue weighted by molar-refractivity contribution is -0.154. The predicted molar refractivity (Wildman–Crippen MR) is 107 cm³/mol. The Bertz CT molecular complexity index is 940. The van der Waals surface area contributed by atoms with E-state index in [1.807, 2.05) is 0 Å². The van der Waals surface area contributed by atoms with Crippen molar-refractivity contribution in [2.45, 2.75) is 40.4 Å². The van der Waals surface area contributed by atoms with E-state index in [9.17, 15) is 22.8 Å². The highest BCUT2D eigenvalue weighted by molar-refractivity contribution is 6.04. The number of pyridine rings is 1. The second-order valence-electron chi connectivity index (χ2n) is 8.17. The Hall–Kier alpha value is -2.91. The number of aryl methyl sites for hydroxylation is 1. The van der Waals surface area contributed by atoms with Crippen LogP contribution >= 0.6 is 0 Å². The SMILES string of the molecule is CC1=CC2C(=O)N(Cc3cnc(OCC(F)(F)F)c(C)c3)CC2C(NC(=O)C(C)C)=N1. The first-order valence-corrected chi connectivity index (χ1v) is 9.96. The number of hydrogen-bond acceptors (Lipinski definition) is 5. The van der Waals surface area contributed by atoms with Crippen molar-refractivity contribution in [1.82, 2.24) is 15.2 Å². The third-order valence-electron chi connectivity index (χ3n) is 5.12. The zero-order chi connectivity index (χ0) is 22.9. The molecule has 2 unspecified atom stereocenters. The van der Waals surface area contributed by atoms with Crippen LogP contribution in [-0.2, 0) is 16.1 Å². The van der Waals surface area contributed by atoms with Gasteiger partial charge in [-0.3, -0.25) is 9.59 Å². The van der Waals surface area contributed by atoms with Crippen LogP contribution in [-0.4, -0.2) is 46.9 Å². The number of carbonyl (C=O) groups is 2. The predicted octanol–water partition coefficient (Wildman–Crippen LogP) is 2.99. The van der Waals surface area contributed by atoms with Crippen LogP contribution in [0.2, 0.25) is 0 Å². The number of aromatic nitrogens is 1. The van der Waals surface area contributed by atoms with Crippen molar-refractivity contribution in [3.05, 3.63) is 35.2 Å². The first-order chi connectivity index (χ1) is 14.4. The fraction of sp³-hybridized carbons (Fsp3) is 0.524. The summed E-state index contributed by atoms with van der Waals surface area (Å²) in [5.41, 5.74) is 1.79. The van der Waals surface area contributed by atoms with Gasteiger partial charge in [-0.1, -0.05) is 13.8 Å². The fourth-order valence-corrected chi connectivity index (χ4v) is 3.60. The second-order valence-corrected chi connectivity index (χ2v) is 8.17. The van der Waals surface area contributed by atoms with Crippen molar-refractivity contribution < 1.29 is 27.5 Å². The number of allylic oxidation sites excluding steroid dienone is 1. The molecule has 2 aliphatic heterocycles. The summed E-state index contributed by atoms with van der Waals surface area (Å²) < 4.78 is 41.8. The van der Waals surface area contributed by atoms with Gasteiger partial charge in [-0.05, 0) is 31.6 Å². The molecule has 3 heterocycles. The normalized spacial score (nSPS) is 21.0. The molecule has 0 spiro atoms. The number of halogens is 3. The summed E-state index contributed by atoms with van der Waals surface area (Å²) in [4.78, 5) is 35.2. The maximum absolute atomic E-state index is 13.0. The van der Waals surface area contributed by atoms with E-state index in [0.717, 1.165) is 0 Å². The van der Waals surface area contributed by atoms with E-state index in [4.69, 9.17) is 4.74 Å². The Labute approximate surface area is 178 Å². The zero-order valence-corrected chi connectivity index (χ0v) is 17.8. The van der Waals surface area contributed by atoms with Gasteiger partial charge in [0.05, 0.1) is 5.92 Å². The lowest BCUT2D eigenvalue weighted by Crippen LogP contribution is -2.42. The molecule has 0 radical (unpaired) electrons. The molecule has 10 heteroatoms. The molecule has 168 valence electrons. The average molecular weight is 438 g/mol. The van der Waals surface area contributed by atoms with Crippen LogP contribution in [0.1, 0.15) is 31.9 Å². The van der Waals surface area contributed by atoms with Crippen molar-refractivity contribution >= 4 is 17.6 Å². The summed E-state index contributed by atoms with van der Waals surface area (Å²) in [6.45, 7) is 6.15. The number of amidine groups is 1. The maximum Gasteiger partial charge on any atom is 0.422 e. The lowest BCUT2D eigenvalue weighted by atomic mass is 9.91. The molecule has 1 N–H and O–H groups in total. The number of ether oxygens (including phenoxy) is 1. The van der Waals surface area contributed by atoms with Crippen LogP contribution in [0.3, 0.4) is 0 Å². The number of aliphatic imine (C=N–C) groups is 1. The minimum atomic E-state index is -4.44. The van der Waals surface area contributed by atoms with Gasteiger partial charge in [-0.2, -0.15) is 13.2 Å². The van der Waals surface area contributed by atoms with Crippen molar-refractivity contribution in [3.63, 3.8) is 0 Å². The van der Waals surface area contributed by atoms with E-state index in [0.29, 0.717) is 29.2 Å². The molecule has 2 atom stereocenters. The summed E-state index contributed by atoms with van der Waals surface area (Å²) in [6.07, 6.45) is -1.23. The molecule has 1 aromatic rings. The van der Waals surface area contributed by atoms with E-state index in [1.165, 1.54) is 6.20 Å². The van der Waals surface area contributed by atoms with E-state index < -0.39 is 18.7 Å². The van der Waals surface area contributed by atoms with E-state index >= 15 is 0 Å². The highest BCUT2D eigenvalue weighted by atomic mass is 19.4. The Kier molecular flexibility index (Phi) is 6.38. The Morgan fingerprint density at radius 2 is 2.06 bits per heavy atom. The van der Waals surface area contributed by atoms with Crippen LogP contribution in [0, 0.1) is 24.7 Å². The van der Waals surface area contributed by atoms with E-state index in [2.05, 4.69) is 15.3 Å². The molecule has 7 nitrogen and oxygen atoms in total. The molecule has 2 aliphatic rings. The summed E-state index contributed by atoms with van der Waals surface area (Å²) in [5.74, 6) is -0.743. The molecular formula is C21H25F3N4O3. The Morgan fingerprint density at radius 3 is 2.68 bits per heavy atom. The molecule has 0 saturated carbocycles. The molecule has 0 bridgehead atoms. The molecule has 31 heavy (non-hydrogen) atoms. The van der Waals surface area contributed by atoms with Crippen molar-refractivity contribution in [3.8, 4) is 5.88 Å². The smallest absolute Gasteiger partial charge is 0.422 e. The highest BCUT2D eigenvalue weighted by Crippen LogP contribution is 2.33. The number of hydrogen-bond donors (Lipinski definition) is 1. The molecule has 1 aromatic heterocycles. The number of nitrogens with zero attached hydrogens (tertiary/aromatic N) is 3. The van der Waals surface area contributed by atoms with Gasteiger partial charge in [-0.25, -0.2) is 9.98 Å². The monoisotopic (exact) mass is 438 g/mol. The van der Waals surface area contributed by atoms with Crippen molar-refractivity contribution in [2.24, 2.45) is 22.7 Å². The first-order valence-electron chi connectivity index (χ1n) is 9.96. The Morgan fingerprint density at radius 1 is 1.35 bits per heavy atom. The highest BCUT2D eigenvalue weighted by Gasteiger charge is 2.44.